The number of rotatable bonds is 7. The van der Waals surface area contributed by atoms with Gasteiger partial charge in [0.1, 0.15) is 5.75 Å². The quantitative estimate of drug-likeness (QED) is 0.569. The first-order chi connectivity index (χ1) is 15.5. The van der Waals surface area contributed by atoms with Gasteiger partial charge in [-0.3, -0.25) is 14.5 Å². The van der Waals surface area contributed by atoms with Gasteiger partial charge in [0.25, 0.3) is 5.91 Å². The number of hydrogen-bond acceptors (Lipinski definition) is 4. The van der Waals surface area contributed by atoms with Gasteiger partial charge in [-0.25, -0.2) is 0 Å². The molecule has 0 saturated heterocycles. The number of carbonyl (C=O) groups is 2. The van der Waals surface area contributed by atoms with E-state index in [9.17, 15) is 14.7 Å². The second-order valence-electron chi connectivity index (χ2n) is 7.83. The van der Waals surface area contributed by atoms with E-state index in [0.717, 1.165) is 11.1 Å². The Balaban J connectivity index is 1.77. The summed E-state index contributed by atoms with van der Waals surface area (Å²) < 4.78 is 5.54. The molecular formula is C27H25NO4. The smallest absolute Gasteiger partial charge is 0.294 e. The minimum absolute atomic E-state index is 0.108. The highest BCUT2D eigenvalue weighted by Gasteiger charge is 2.45. The molecule has 32 heavy (non-hydrogen) atoms. The molecule has 5 heteroatoms. The maximum Gasteiger partial charge on any atom is 0.294 e. The highest BCUT2D eigenvalue weighted by atomic mass is 16.5. The molecule has 0 aromatic heterocycles. The van der Waals surface area contributed by atoms with Gasteiger partial charge in [-0.1, -0.05) is 60.7 Å². The number of aliphatic hydroxyl groups is 1. The molecule has 0 radical (unpaired) electrons. The van der Waals surface area contributed by atoms with Gasteiger partial charge < -0.3 is 9.84 Å². The van der Waals surface area contributed by atoms with Gasteiger partial charge in [0.2, 0.25) is 0 Å². The van der Waals surface area contributed by atoms with Gasteiger partial charge in [-0.15, -0.1) is 0 Å². The lowest BCUT2D eigenvalue weighted by molar-refractivity contribution is -0.118. The van der Waals surface area contributed by atoms with Gasteiger partial charge in [0.05, 0.1) is 18.7 Å². The van der Waals surface area contributed by atoms with Gasteiger partial charge in [-0.2, -0.15) is 0 Å². The normalized spacial score (nSPS) is 15.9. The number of aliphatic hydroxyl groups excluding tert-OH is 1. The van der Waals surface area contributed by atoms with Gasteiger partial charge in [-0.05, 0) is 42.7 Å². The zero-order valence-corrected chi connectivity index (χ0v) is 18.1. The molecule has 3 aromatic rings. The van der Waals surface area contributed by atoms with Crippen LogP contribution in [0.5, 0.6) is 5.75 Å². The second kappa shape index (κ2) is 9.10. The van der Waals surface area contributed by atoms with E-state index in [1.165, 1.54) is 4.90 Å². The van der Waals surface area contributed by atoms with E-state index in [1.54, 1.807) is 19.2 Å². The molecule has 1 aliphatic heterocycles. The van der Waals surface area contributed by atoms with E-state index in [1.807, 2.05) is 73.7 Å². The Labute approximate surface area is 187 Å². The third kappa shape index (κ3) is 4.02. The van der Waals surface area contributed by atoms with Crippen molar-refractivity contribution in [3.8, 4) is 5.75 Å². The van der Waals surface area contributed by atoms with E-state index in [0.29, 0.717) is 23.4 Å². The molecule has 5 nitrogen and oxygen atoms in total. The second-order valence-corrected chi connectivity index (χ2v) is 7.83. The maximum atomic E-state index is 13.4. The average molecular weight is 428 g/mol. The van der Waals surface area contributed by atoms with Gasteiger partial charge in [0.15, 0.2) is 11.5 Å². The van der Waals surface area contributed by atoms with Crippen molar-refractivity contribution in [1.29, 1.82) is 0 Å². The fourth-order valence-electron chi connectivity index (χ4n) is 4.16. The van der Waals surface area contributed by atoms with Crippen LogP contribution in [0.15, 0.2) is 90.2 Å². The van der Waals surface area contributed by atoms with E-state index >= 15 is 0 Å². The Morgan fingerprint density at radius 3 is 2.44 bits per heavy atom. The molecule has 1 heterocycles. The molecule has 0 bridgehead atoms. The van der Waals surface area contributed by atoms with Crippen molar-refractivity contribution in [3.63, 3.8) is 0 Å². The Hall–Kier alpha value is -3.86. The number of amides is 1. The van der Waals surface area contributed by atoms with E-state index in [-0.39, 0.29) is 17.8 Å². The van der Waals surface area contributed by atoms with Crippen molar-refractivity contribution >= 4 is 17.4 Å². The first kappa shape index (κ1) is 21.4. The molecule has 0 fully saturated rings. The summed E-state index contributed by atoms with van der Waals surface area (Å²) in [7, 11) is 1.55. The molecule has 0 saturated carbocycles. The van der Waals surface area contributed by atoms with Crippen LogP contribution in [-0.2, 0) is 16.0 Å². The first-order valence-electron chi connectivity index (χ1n) is 10.5. The lowest BCUT2D eigenvalue weighted by Gasteiger charge is -2.28. The summed E-state index contributed by atoms with van der Waals surface area (Å²) in [5.41, 5.74) is 3.37. The third-order valence-corrected chi connectivity index (χ3v) is 5.71. The zero-order valence-electron chi connectivity index (χ0n) is 18.1. The van der Waals surface area contributed by atoms with Crippen molar-refractivity contribution in [1.82, 2.24) is 0 Å². The standard InChI is InChI=1S/C27H25NO4/c1-18-9-8-12-20(17-18)28-25(21-13-6-7-14-23(21)32-2)24(26(30)27(28)31)22(29)16-15-19-10-4-3-5-11-19/h3-14,17,25,30H,15-16H2,1-2H3. The van der Waals surface area contributed by atoms with E-state index < -0.39 is 17.7 Å². The molecule has 1 amide bonds. The lowest BCUT2D eigenvalue weighted by Crippen LogP contribution is -2.31. The van der Waals surface area contributed by atoms with Gasteiger partial charge >= 0.3 is 0 Å². The van der Waals surface area contributed by atoms with Crippen LogP contribution in [0.3, 0.4) is 0 Å². The highest BCUT2D eigenvalue weighted by molar-refractivity contribution is 6.16. The van der Waals surface area contributed by atoms with Crippen molar-refractivity contribution in [2.75, 3.05) is 12.0 Å². The van der Waals surface area contributed by atoms with E-state index in [4.69, 9.17) is 4.74 Å². The monoisotopic (exact) mass is 427 g/mol. The summed E-state index contributed by atoms with van der Waals surface area (Å²) in [6.45, 7) is 1.93. The third-order valence-electron chi connectivity index (χ3n) is 5.71. The Bertz CT molecular complexity index is 1180. The van der Waals surface area contributed by atoms with Crippen molar-refractivity contribution in [2.45, 2.75) is 25.8 Å². The molecular weight excluding hydrogens is 402 g/mol. The number of ketones is 1. The summed E-state index contributed by atoms with van der Waals surface area (Å²) >= 11 is 0. The summed E-state index contributed by atoms with van der Waals surface area (Å²) in [5.74, 6) is -0.799. The summed E-state index contributed by atoms with van der Waals surface area (Å²) in [5, 5.41) is 10.8. The highest BCUT2D eigenvalue weighted by Crippen LogP contribution is 2.44. The molecule has 1 aliphatic rings. The summed E-state index contributed by atoms with van der Waals surface area (Å²) in [6.07, 6.45) is 0.706. The van der Waals surface area contributed by atoms with Crippen LogP contribution in [0.25, 0.3) is 0 Å². The number of hydrogen-bond donors (Lipinski definition) is 1. The number of para-hydroxylation sites is 1. The predicted octanol–water partition coefficient (Wildman–Crippen LogP) is 5.11. The number of anilines is 1. The lowest BCUT2D eigenvalue weighted by atomic mass is 9.92. The molecule has 4 rings (SSSR count). The number of ether oxygens (including phenoxy) is 1. The van der Waals surface area contributed by atoms with Gasteiger partial charge in [0, 0.05) is 17.7 Å². The largest absolute Gasteiger partial charge is 0.503 e. The van der Waals surface area contributed by atoms with Crippen LogP contribution in [0.2, 0.25) is 0 Å². The predicted molar refractivity (Wildman–Crippen MR) is 124 cm³/mol. The van der Waals surface area contributed by atoms with Crippen LogP contribution in [0.4, 0.5) is 5.69 Å². The van der Waals surface area contributed by atoms with E-state index in [2.05, 4.69) is 0 Å². The molecule has 0 aliphatic carbocycles. The minimum Gasteiger partial charge on any atom is -0.503 e. The number of nitrogens with zero attached hydrogens (tertiary/aromatic N) is 1. The number of aryl methyl sites for hydroxylation is 2. The van der Waals surface area contributed by atoms with Crippen LogP contribution in [0, 0.1) is 6.92 Å². The van der Waals surface area contributed by atoms with Crippen molar-refractivity contribution in [3.05, 3.63) is 107 Å². The molecule has 3 aromatic carbocycles. The molecule has 1 atom stereocenters. The number of methoxy groups -OCH3 is 1. The molecule has 0 spiro atoms. The molecule has 162 valence electrons. The molecule has 1 N–H and O–H groups in total. The topological polar surface area (TPSA) is 66.8 Å². The number of carbonyl (C=O) groups excluding carboxylic acids is 2. The summed E-state index contributed by atoms with van der Waals surface area (Å²) in [6, 6.07) is 23.6. The zero-order chi connectivity index (χ0) is 22.7. The Kier molecular flexibility index (Phi) is 6.08. The first-order valence-corrected chi connectivity index (χ1v) is 10.5. The van der Waals surface area contributed by atoms with Crippen LogP contribution in [-0.4, -0.2) is 23.9 Å². The number of benzene rings is 3. The molecule has 1 unspecified atom stereocenters. The van der Waals surface area contributed by atoms with Crippen molar-refractivity contribution < 1.29 is 19.4 Å². The summed E-state index contributed by atoms with van der Waals surface area (Å²) in [4.78, 5) is 28.1. The average Bonchev–Trinajstić information content (AvgIpc) is 3.08. The van der Waals surface area contributed by atoms with Crippen molar-refractivity contribution in [2.24, 2.45) is 0 Å². The Morgan fingerprint density at radius 2 is 1.72 bits per heavy atom. The fraction of sp³-hybridized carbons (Fsp3) is 0.185. The van der Waals surface area contributed by atoms with Crippen LogP contribution < -0.4 is 9.64 Å². The van der Waals surface area contributed by atoms with Crippen LogP contribution in [0.1, 0.15) is 29.2 Å². The number of Topliss-reactive ketones (excluding diaryl/α,β-unsaturated/α-hetero) is 1. The SMILES string of the molecule is COc1ccccc1C1C(C(=O)CCc2ccccc2)=C(O)C(=O)N1c1cccc(C)c1. The fourth-order valence-corrected chi connectivity index (χ4v) is 4.16. The maximum absolute atomic E-state index is 13.4. The minimum atomic E-state index is -0.774. The van der Waals surface area contributed by atoms with Crippen LogP contribution >= 0.6 is 0 Å². The Morgan fingerprint density at radius 1 is 1.00 bits per heavy atom.